The van der Waals surface area contributed by atoms with Gasteiger partial charge in [0.15, 0.2) is 0 Å². The van der Waals surface area contributed by atoms with Crippen LogP contribution in [0, 0.1) is 18.8 Å². The molecular weight excluding hydrogens is 318 g/mol. The molecule has 2 amide bonds. The van der Waals surface area contributed by atoms with Gasteiger partial charge in [0.05, 0.1) is 17.5 Å². The largest absolute Gasteiger partial charge is 0.274 e. The molecule has 0 N–H and O–H groups in total. The molecule has 1 saturated heterocycles. The summed E-state index contributed by atoms with van der Waals surface area (Å²) in [6, 6.07) is 5.61. The van der Waals surface area contributed by atoms with Crippen molar-refractivity contribution in [3.8, 4) is 0 Å². The van der Waals surface area contributed by atoms with Crippen LogP contribution in [0.3, 0.4) is 0 Å². The summed E-state index contributed by atoms with van der Waals surface area (Å²) in [4.78, 5) is 26.4. The summed E-state index contributed by atoms with van der Waals surface area (Å²) in [6.45, 7) is 4.01. The molecule has 20 heavy (non-hydrogen) atoms. The fourth-order valence-corrected chi connectivity index (χ4v) is 3.38. The Morgan fingerprint density at radius 2 is 1.85 bits per heavy atom. The van der Waals surface area contributed by atoms with E-state index in [4.69, 9.17) is 0 Å². The third-order valence-electron chi connectivity index (χ3n) is 4.24. The zero-order chi connectivity index (χ0) is 14.4. The Kier molecular flexibility index (Phi) is 3.28. The molecule has 1 aliphatic carbocycles. The average Bonchev–Trinajstić information content (AvgIpc) is 2.65. The minimum Gasteiger partial charge on any atom is -0.274 e. The Labute approximate surface area is 126 Å². The fraction of sp³-hybridized carbons (Fsp3) is 0.375. The van der Waals surface area contributed by atoms with Crippen molar-refractivity contribution in [2.75, 3.05) is 4.90 Å². The van der Waals surface area contributed by atoms with Crippen molar-refractivity contribution < 1.29 is 9.59 Å². The predicted octanol–water partition coefficient (Wildman–Crippen LogP) is 3.60. The van der Waals surface area contributed by atoms with E-state index in [9.17, 15) is 9.59 Å². The van der Waals surface area contributed by atoms with Crippen molar-refractivity contribution >= 4 is 33.4 Å². The van der Waals surface area contributed by atoms with E-state index in [1.165, 1.54) is 10.5 Å². The average molecular weight is 334 g/mol. The lowest BCUT2D eigenvalue weighted by Crippen LogP contribution is -2.30. The van der Waals surface area contributed by atoms with E-state index in [2.05, 4.69) is 22.0 Å². The second kappa shape index (κ2) is 4.85. The highest BCUT2D eigenvalue weighted by atomic mass is 79.9. The molecule has 0 unspecified atom stereocenters. The van der Waals surface area contributed by atoms with Crippen molar-refractivity contribution in [3.63, 3.8) is 0 Å². The van der Waals surface area contributed by atoms with Gasteiger partial charge in [-0.15, -0.1) is 0 Å². The van der Waals surface area contributed by atoms with E-state index in [0.717, 1.165) is 10.0 Å². The number of amides is 2. The van der Waals surface area contributed by atoms with Gasteiger partial charge in [-0.1, -0.05) is 33.6 Å². The van der Waals surface area contributed by atoms with Crippen LogP contribution < -0.4 is 4.90 Å². The van der Waals surface area contributed by atoms with E-state index in [1.54, 1.807) is 0 Å². The van der Waals surface area contributed by atoms with Gasteiger partial charge < -0.3 is 0 Å². The van der Waals surface area contributed by atoms with Crippen LogP contribution in [0.2, 0.25) is 0 Å². The van der Waals surface area contributed by atoms with Gasteiger partial charge in [-0.25, -0.2) is 4.90 Å². The summed E-state index contributed by atoms with van der Waals surface area (Å²) in [5, 5.41) is 0. The summed E-state index contributed by atoms with van der Waals surface area (Å²) in [6.07, 6.45) is 3.48. The van der Waals surface area contributed by atoms with E-state index < -0.39 is 0 Å². The molecule has 1 fully saturated rings. The number of halogens is 1. The maximum absolute atomic E-state index is 12.6. The number of rotatable bonds is 1. The highest BCUT2D eigenvalue weighted by Gasteiger charge is 2.48. The van der Waals surface area contributed by atoms with Crippen molar-refractivity contribution in [2.24, 2.45) is 11.8 Å². The number of benzene rings is 1. The minimum absolute atomic E-state index is 0.0526. The van der Waals surface area contributed by atoms with Gasteiger partial charge in [0, 0.05) is 4.47 Å². The lowest BCUT2D eigenvalue weighted by molar-refractivity contribution is -0.122. The Hall–Kier alpha value is -1.42. The maximum Gasteiger partial charge on any atom is 0.238 e. The Morgan fingerprint density at radius 3 is 2.55 bits per heavy atom. The Balaban J connectivity index is 1.97. The number of aryl methyl sites for hydroxylation is 1. The highest BCUT2D eigenvalue weighted by Crippen LogP contribution is 2.40. The molecular formula is C16H16BrNO2. The molecule has 0 saturated carbocycles. The van der Waals surface area contributed by atoms with E-state index in [1.807, 2.05) is 32.0 Å². The summed E-state index contributed by atoms with van der Waals surface area (Å²) >= 11 is 3.46. The number of hydrogen-bond acceptors (Lipinski definition) is 2. The minimum atomic E-state index is -0.175. The van der Waals surface area contributed by atoms with Crippen LogP contribution in [-0.4, -0.2) is 11.8 Å². The van der Waals surface area contributed by atoms with Crippen molar-refractivity contribution in [1.82, 2.24) is 0 Å². The standard InChI is InChI=1S/C16H16BrNO2/c1-9-3-6-12-13(7-9)16(20)18(15(12)19)11-5-4-10(2)14(17)8-11/h3-5,8,12-13H,6-7H2,1-2H3/t12-,13+/m0/s1. The molecule has 1 aromatic carbocycles. The summed E-state index contributed by atoms with van der Waals surface area (Å²) in [7, 11) is 0. The van der Waals surface area contributed by atoms with Crippen LogP contribution in [0.4, 0.5) is 5.69 Å². The van der Waals surface area contributed by atoms with Gasteiger partial charge in [0.1, 0.15) is 0 Å². The topological polar surface area (TPSA) is 37.4 Å². The first kappa shape index (κ1) is 13.6. The molecule has 1 heterocycles. The molecule has 0 aromatic heterocycles. The number of carbonyl (C=O) groups is 2. The summed E-state index contributed by atoms with van der Waals surface area (Å²) in [5.41, 5.74) is 2.96. The van der Waals surface area contributed by atoms with E-state index in [0.29, 0.717) is 18.5 Å². The van der Waals surface area contributed by atoms with Crippen LogP contribution in [-0.2, 0) is 9.59 Å². The van der Waals surface area contributed by atoms with Crippen LogP contribution in [0.15, 0.2) is 34.3 Å². The molecule has 0 bridgehead atoms. The molecule has 3 nitrogen and oxygen atoms in total. The number of hydrogen-bond donors (Lipinski definition) is 0. The SMILES string of the molecule is CC1=CC[C@@H]2C(=O)N(c3ccc(C)c(Br)c3)C(=O)[C@@H]2C1. The number of allylic oxidation sites excluding steroid dienone is 2. The summed E-state index contributed by atoms with van der Waals surface area (Å²) in [5.74, 6) is -0.457. The maximum atomic E-state index is 12.6. The molecule has 2 atom stereocenters. The monoisotopic (exact) mass is 333 g/mol. The normalized spacial score (nSPS) is 25.8. The first-order chi connectivity index (χ1) is 9.49. The van der Waals surface area contributed by atoms with Crippen molar-refractivity contribution in [3.05, 3.63) is 39.9 Å². The highest BCUT2D eigenvalue weighted by molar-refractivity contribution is 9.10. The van der Waals surface area contributed by atoms with Gasteiger partial charge in [0.2, 0.25) is 11.8 Å². The molecule has 104 valence electrons. The Bertz CT molecular complexity index is 635. The van der Waals surface area contributed by atoms with Gasteiger partial charge in [0.25, 0.3) is 0 Å². The zero-order valence-electron chi connectivity index (χ0n) is 11.5. The molecule has 0 spiro atoms. The number of nitrogens with zero attached hydrogens (tertiary/aromatic N) is 1. The molecule has 3 rings (SSSR count). The molecule has 1 aromatic rings. The molecule has 0 radical (unpaired) electrons. The Morgan fingerprint density at radius 1 is 1.15 bits per heavy atom. The fourth-order valence-electron chi connectivity index (χ4n) is 3.01. The number of anilines is 1. The third kappa shape index (κ3) is 2.03. The quantitative estimate of drug-likeness (QED) is 0.581. The van der Waals surface area contributed by atoms with Gasteiger partial charge in [-0.3, -0.25) is 9.59 Å². The number of fused-ring (bicyclic) bond motifs is 1. The van der Waals surface area contributed by atoms with Crippen molar-refractivity contribution in [1.29, 1.82) is 0 Å². The van der Waals surface area contributed by atoms with Gasteiger partial charge >= 0.3 is 0 Å². The molecule has 2 aliphatic rings. The van der Waals surface area contributed by atoms with Crippen LogP contribution in [0.1, 0.15) is 25.3 Å². The van der Waals surface area contributed by atoms with E-state index >= 15 is 0 Å². The zero-order valence-corrected chi connectivity index (χ0v) is 13.1. The third-order valence-corrected chi connectivity index (χ3v) is 5.09. The van der Waals surface area contributed by atoms with Crippen LogP contribution in [0.5, 0.6) is 0 Å². The first-order valence-electron chi connectivity index (χ1n) is 6.78. The summed E-state index contributed by atoms with van der Waals surface area (Å²) < 4.78 is 0.916. The van der Waals surface area contributed by atoms with Gasteiger partial charge in [-0.05, 0) is 44.4 Å². The second-order valence-corrected chi connectivity index (χ2v) is 6.50. The lowest BCUT2D eigenvalue weighted by atomic mass is 9.82. The van der Waals surface area contributed by atoms with Crippen molar-refractivity contribution in [2.45, 2.75) is 26.7 Å². The second-order valence-electron chi connectivity index (χ2n) is 5.65. The number of carbonyl (C=O) groups excluding carboxylic acids is 2. The van der Waals surface area contributed by atoms with Crippen LogP contribution in [0.25, 0.3) is 0 Å². The molecule has 4 heteroatoms. The van der Waals surface area contributed by atoms with Gasteiger partial charge in [-0.2, -0.15) is 0 Å². The lowest BCUT2D eigenvalue weighted by Gasteiger charge is -2.18. The van der Waals surface area contributed by atoms with Crippen LogP contribution >= 0.6 is 15.9 Å². The predicted molar refractivity (Wildman–Crippen MR) is 81.3 cm³/mol. The molecule has 1 aliphatic heterocycles. The first-order valence-corrected chi connectivity index (χ1v) is 7.58. The van der Waals surface area contributed by atoms with E-state index in [-0.39, 0.29) is 23.7 Å². The smallest absolute Gasteiger partial charge is 0.238 e. The number of imide groups is 1.